The predicted octanol–water partition coefficient (Wildman–Crippen LogP) is 3.10. The van der Waals surface area contributed by atoms with E-state index in [1.165, 1.54) is 6.20 Å². The van der Waals surface area contributed by atoms with Crippen LogP contribution in [0.25, 0.3) is 0 Å². The molecule has 1 aromatic heterocycles. The van der Waals surface area contributed by atoms with Crippen LogP contribution in [0.1, 0.15) is 24.2 Å². The number of carbonyl (C=O) groups excluding carboxylic acids is 1. The molecule has 0 bridgehead atoms. The van der Waals surface area contributed by atoms with Gasteiger partial charge in [-0.1, -0.05) is 12.1 Å². The van der Waals surface area contributed by atoms with Crippen LogP contribution in [0.4, 0.5) is 5.69 Å². The van der Waals surface area contributed by atoms with Crippen LogP contribution in [0.3, 0.4) is 0 Å². The highest BCUT2D eigenvalue weighted by molar-refractivity contribution is 5.97. The molecule has 1 unspecified atom stereocenters. The van der Waals surface area contributed by atoms with Gasteiger partial charge in [0.25, 0.3) is 5.91 Å². The molecule has 2 N–H and O–H groups in total. The second kappa shape index (κ2) is 8.50. The highest BCUT2D eigenvalue weighted by atomic mass is 16.5. The highest BCUT2D eigenvalue weighted by Crippen LogP contribution is 2.17. The molecule has 0 spiro atoms. The van der Waals surface area contributed by atoms with E-state index in [0.29, 0.717) is 5.69 Å². The normalized spacial score (nSPS) is 12.0. The quantitative estimate of drug-likeness (QED) is 0.625. The molecule has 1 heterocycles. The number of nitrogens with zero attached hydrogens (tertiary/aromatic N) is 2. The van der Waals surface area contributed by atoms with Crippen molar-refractivity contribution in [3.8, 4) is 11.8 Å². The Bertz CT molecular complexity index is 790. The SMILES string of the molecule is COc1ccc(C(C)NC(=O)/C(C#N)=C\Nc2ccc(C)nc2)cc1. The van der Waals surface area contributed by atoms with Gasteiger partial charge in [0.05, 0.1) is 25.0 Å². The summed E-state index contributed by atoms with van der Waals surface area (Å²) in [6.45, 7) is 3.74. The number of amides is 1. The molecule has 6 nitrogen and oxygen atoms in total. The van der Waals surface area contributed by atoms with Gasteiger partial charge in [-0.3, -0.25) is 9.78 Å². The molecule has 25 heavy (non-hydrogen) atoms. The summed E-state index contributed by atoms with van der Waals surface area (Å²) in [5.74, 6) is 0.300. The number of nitriles is 1. The van der Waals surface area contributed by atoms with Gasteiger partial charge in [0.15, 0.2) is 0 Å². The topological polar surface area (TPSA) is 87.0 Å². The monoisotopic (exact) mass is 336 g/mol. The summed E-state index contributed by atoms with van der Waals surface area (Å²) < 4.78 is 5.11. The number of pyridine rings is 1. The van der Waals surface area contributed by atoms with E-state index < -0.39 is 5.91 Å². The zero-order valence-electron chi connectivity index (χ0n) is 14.4. The number of hydrogen-bond donors (Lipinski definition) is 2. The number of anilines is 1. The lowest BCUT2D eigenvalue weighted by atomic mass is 10.1. The molecule has 0 saturated heterocycles. The summed E-state index contributed by atoms with van der Waals surface area (Å²) in [6, 6.07) is 12.7. The van der Waals surface area contributed by atoms with E-state index in [0.717, 1.165) is 17.0 Å². The zero-order valence-corrected chi connectivity index (χ0v) is 14.4. The van der Waals surface area contributed by atoms with Crippen LogP contribution >= 0.6 is 0 Å². The Labute approximate surface area is 147 Å². The van der Waals surface area contributed by atoms with Crippen molar-refractivity contribution in [2.75, 3.05) is 12.4 Å². The maximum absolute atomic E-state index is 12.3. The van der Waals surface area contributed by atoms with E-state index in [1.807, 2.05) is 56.3 Å². The molecule has 0 saturated carbocycles. The van der Waals surface area contributed by atoms with Crippen molar-refractivity contribution in [1.29, 1.82) is 5.26 Å². The molecule has 0 aliphatic carbocycles. The Kier molecular flexibility index (Phi) is 6.13. The third kappa shape index (κ3) is 5.08. The molecule has 6 heteroatoms. The molecule has 0 aliphatic rings. The van der Waals surface area contributed by atoms with Gasteiger partial charge in [-0.05, 0) is 43.7 Å². The largest absolute Gasteiger partial charge is 0.497 e. The summed E-state index contributed by atoms with van der Waals surface area (Å²) in [5.41, 5.74) is 2.50. The average molecular weight is 336 g/mol. The lowest BCUT2D eigenvalue weighted by Gasteiger charge is -2.14. The van der Waals surface area contributed by atoms with Crippen molar-refractivity contribution < 1.29 is 9.53 Å². The third-order valence-electron chi connectivity index (χ3n) is 3.62. The number of aryl methyl sites for hydroxylation is 1. The van der Waals surface area contributed by atoms with Gasteiger partial charge in [-0.2, -0.15) is 5.26 Å². The molecule has 2 rings (SSSR count). The van der Waals surface area contributed by atoms with Crippen LogP contribution in [0.5, 0.6) is 5.75 Å². The summed E-state index contributed by atoms with van der Waals surface area (Å²) in [5, 5.41) is 14.9. The fourth-order valence-corrected chi connectivity index (χ4v) is 2.11. The molecule has 1 aromatic carbocycles. The summed E-state index contributed by atoms with van der Waals surface area (Å²) in [6.07, 6.45) is 3.02. The Morgan fingerprint density at radius 2 is 2.00 bits per heavy atom. The lowest BCUT2D eigenvalue weighted by molar-refractivity contribution is -0.117. The van der Waals surface area contributed by atoms with E-state index in [-0.39, 0.29) is 11.6 Å². The van der Waals surface area contributed by atoms with Gasteiger partial charge in [0, 0.05) is 11.9 Å². The third-order valence-corrected chi connectivity index (χ3v) is 3.62. The second-order valence-electron chi connectivity index (χ2n) is 5.47. The molecular formula is C19H20N4O2. The number of nitrogens with one attached hydrogen (secondary N) is 2. The molecule has 2 aromatic rings. The highest BCUT2D eigenvalue weighted by Gasteiger charge is 2.13. The lowest BCUT2D eigenvalue weighted by Crippen LogP contribution is -2.28. The van der Waals surface area contributed by atoms with Crippen molar-refractivity contribution in [3.63, 3.8) is 0 Å². The fourth-order valence-electron chi connectivity index (χ4n) is 2.11. The van der Waals surface area contributed by atoms with Gasteiger partial charge in [-0.15, -0.1) is 0 Å². The average Bonchev–Trinajstić information content (AvgIpc) is 2.63. The first-order chi connectivity index (χ1) is 12.0. The molecule has 1 amide bonds. The molecule has 128 valence electrons. The van der Waals surface area contributed by atoms with E-state index in [2.05, 4.69) is 15.6 Å². The fraction of sp³-hybridized carbons (Fsp3) is 0.211. The van der Waals surface area contributed by atoms with Gasteiger partial charge < -0.3 is 15.4 Å². The molecule has 0 radical (unpaired) electrons. The van der Waals surface area contributed by atoms with Gasteiger partial charge in [0.2, 0.25) is 0 Å². The van der Waals surface area contributed by atoms with E-state index in [1.54, 1.807) is 13.3 Å². The number of aromatic nitrogens is 1. The van der Waals surface area contributed by atoms with Crippen LogP contribution in [-0.2, 0) is 4.79 Å². The minimum Gasteiger partial charge on any atom is -0.497 e. The maximum Gasteiger partial charge on any atom is 0.263 e. The van der Waals surface area contributed by atoms with Gasteiger partial charge >= 0.3 is 0 Å². The van der Waals surface area contributed by atoms with Crippen LogP contribution in [0.2, 0.25) is 0 Å². The van der Waals surface area contributed by atoms with Crippen molar-refractivity contribution in [2.24, 2.45) is 0 Å². The van der Waals surface area contributed by atoms with Crippen LogP contribution in [0, 0.1) is 18.3 Å². The molecule has 0 fully saturated rings. The smallest absolute Gasteiger partial charge is 0.263 e. The molecular weight excluding hydrogens is 316 g/mol. The number of benzene rings is 1. The van der Waals surface area contributed by atoms with Crippen molar-refractivity contribution >= 4 is 11.6 Å². The van der Waals surface area contributed by atoms with Gasteiger partial charge in [-0.25, -0.2) is 0 Å². The van der Waals surface area contributed by atoms with E-state index in [4.69, 9.17) is 4.74 Å². The first-order valence-corrected chi connectivity index (χ1v) is 7.77. The summed E-state index contributed by atoms with van der Waals surface area (Å²) >= 11 is 0. The molecule has 0 aliphatic heterocycles. The summed E-state index contributed by atoms with van der Waals surface area (Å²) in [7, 11) is 1.60. The standard InChI is InChI=1S/C19H20N4O2/c1-13-4-7-17(12-21-13)22-11-16(10-20)19(24)23-14(2)15-5-8-18(25-3)9-6-15/h4-9,11-12,14,22H,1-3H3,(H,23,24)/b16-11-. The Morgan fingerprint density at radius 1 is 1.28 bits per heavy atom. The number of rotatable bonds is 6. The Hall–Kier alpha value is -3.33. The number of carbonyl (C=O) groups is 1. The van der Waals surface area contributed by atoms with Crippen molar-refractivity contribution in [2.45, 2.75) is 19.9 Å². The summed E-state index contributed by atoms with van der Waals surface area (Å²) in [4.78, 5) is 16.4. The van der Waals surface area contributed by atoms with Crippen LogP contribution in [-0.4, -0.2) is 18.0 Å². The predicted molar refractivity (Wildman–Crippen MR) is 95.8 cm³/mol. The van der Waals surface area contributed by atoms with Gasteiger partial charge in [0.1, 0.15) is 17.4 Å². The van der Waals surface area contributed by atoms with Crippen LogP contribution in [0.15, 0.2) is 54.4 Å². The second-order valence-corrected chi connectivity index (χ2v) is 5.47. The minimum atomic E-state index is -0.446. The first-order valence-electron chi connectivity index (χ1n) is 7.77. The number of methoxy groups -OCH3 is 1. The van der Waals surface area contributed by atoms with Crippen LogP contribution < -0.4 is 15.4 Å². The zero-order chi connectivity index (χ0) is 18.2. The number of hydrogen-bond acceptors (Lipinski definition) is 5. The van der Waals surface area contributed by atoms with E-state index in [9.17, 15) is 10.1 Å². The number of ether oxygens (including phenoxy) is 1. The van der Waals surface area contributed by atoms with Crippen molar-refractivity contribution in [3.05, 3.63) is 65.6 Å². The first kappa shape index (κ1) is 18.0. The minimum absolute atomic E-state index is 0.0130. The van der Waals surface area contributed by atoms with E-state index >= 15 is 0 Å². The maximum atomic E-state index is 12.3. The molecule has 1 atom stereocenters. The Balaban J connectivity index is 2.01. The van der Waals surface area contributed by atoms with Crippen molar-refractivity contribution in [1.82, 2.24) is 10.3 Å². The Morgan fingerprint density at radius 3 is 2.56 bits per heavy atom.